The third kappa shape index (κ3) is 4.38. The van der Waals surface area contributed by atoms with E-state index >= 15 is 0 Å². The molecule has 25 heavy (non-hydrogen) atoms. The Hall–Kier alpha value is -1.92. The molecule has 0 N–H and O–H groups in total. The molecule has 1 saturated heterocycles. The third-order valence-electron chi connectivity index (χ3n) is 4.69. The van der Waals surface area contributed by atoms with E-state index in [0.717, 1.165) is 0 Å². The molecule has 1 spiro atoms. The van der Waals surface area contributed by atoms with Gasteiger partial charge in [-0.25, -0.2) is 4.79 Å². The first-order chi connectivity index (χ1) is 12.1. The second-order valence-corrected chi connectivity index (χ2v) is 6.45. The van der Waals surface area contributed by atoms with Crippen LogP contribution in [0.2, 0.25) is 0 Å². The van der Waals surface area contributed by atoms with Crippen molar-refractivity contribution in [2.24, 2.45) is 5.92 Å². The first-order valence-corrected chi connectivity index (χ1v) is 8.82. The lowest BCUT2D eigenvalue weighted by atomic mass is 9.85. The average molecular weight is 348 g/mol. The van der Waals surface area contributed by atoms with Gasteiger partial charge in [-0.2, -0.15) is 0 Å². The molecule has 1 aromatic rings. The average Bonchev–Trinajstić information content (AvgIpc) is 3.04. The molecule has 1 aliphatic heterocycles. The summed E-state index contributed by atoms with van der Waals surface area (Å²) in [5, 5.41) is 0. The number of carbonyl (C=O) groups is 2. The molecular weight excluding hydrogens is 324 g/mol. The molecule has 2 aliphatic rings. The van der Waals surface area contributed by atoms with Crippen LogP contribution < -0.4 is 0 Å². The quantitative estimate of drug-likeness (QED) is 0.762. The zero-order chi connectivity index (χ0) is 17.7. The topological polar surface area (TPSA) is 71.1 Å². The van der Waals surface area contributed by atoms with Crippen LogP contribution in [0.3, 0.4) is 0 Å². The fraction of sp³-hybridized carbons (Fsp3) is 0.579. The van der Waals surface area contributed by atoms with E-state index in [1.165, 1.54) is 0 Å². The maximum absolute atomic E-state index is 12.0. The van der Waals surface area contributed by atoms with Crippen LogP contribution in [-0.4, -0.2) is 43.7 Å². The van der Waals surface area contributed by atoms with Crippen molar-refractivity contribution in [3.8, 4) is 0 Å². The SMILES string of the molecule is CCOC(=O)C1CCC2(CC1)OCC(COC(=O)c1ccccc1)O2. The van der Waals surface area contributed by atoms with Gasteiger partial charge in [-0.1, -0.05) is 18.2 Å². The molecule has 1 unspecified atom stereocenters. The minimum absolute atomic E-state index is 0.0762. The van der Waals surface area contributed by atoms with Crippen LogP contribution in [0, 0.1) is 5.92 Å². The van der Waals surface area contributed by atoms with Gasteiger partial charge in [0.15, 0.2) is 5.79 Å². The van der Waals surface area contributed by atoms with Crippen molar-refractivity contribution in [2.45, 2.75) is 44.5 Å². The first kappa shape index (κ1) is 17.9. The molecule has 0 bridgehead atoms. The van der Waals surface area contributed by atoms with Crippen LogP contribution in [-0.2, 0) is 23.7 Å². The van der Waals surface area contributed by atoms with E-state index < -0.39 is 5.79 Å². The minimum atomic E-state index is -0.646. The largest absolute Gasteiger partial charge is 0.466 e. The summed E-state index contributed by atoms with van der Waals surface area (Å²) in [4.78, 5) is 23.8. The van der Waals surface area contributed by atoms with Crippen LogP contribution in [0.1, 0.15) is 43.0 Å². The molecule has 6 nitrogen and oxygen atoms in total. The summed E-state index contributed by atoms with van der Waals surface area (Å²) in [6.45, 7) is 2.78. The van der Waals surface area contributed by atoms with Gasteiger partial charge in [0.1, 0.15) is 12.7 Å². The molecule has 3 rings (SSSR count). The normalized spacial score (nSPS) is 28.7. The van der Waals surface area contributed by atoms with Crippen molar-refractivity contribution in [1.29, 1.82) is 0 Å². The highest BCUT2D eigenvalue weighted by Crippen LogP contribution is 2.40. The van der Waals surface area contributed by atoms with Crippen molar-refractivity contribution >= 4 is 11.9 Å². The minimum Gasteiger partial charge on any atom is -0.466 e. The number of ether oxygens (including phenoxy) is 4. The van der Waals surface area contributed by atoms with E-state index in [2.05, 4.69) is 0 Å². The van der Waals surface area contributed by atoms with Gasteiger partial charge in [0.25, 0.3) is 0 Å². The van der Waals surface area contributed by atoms with Gasteiger partial charge in [-0.15, -0.1) is 0 Å². The molecule has 1 atom stereocenters. The monoisotopic (exact) mass is 348 g/mol. The number of hydrogen-bond acceptors (Lipinski definition) is 6. The van der Waals surface area contributed by atoms with E-state index in [0.29, 0.717) is 44.5 Å². The fourth-order valence-corrected chi connectivity index (χ4v) is 3.34. The summed E-state index contributed by atoms with van der Waals surface area (Å²) >= 11 is 0. The Kier molecular flexibility index (Phi) is 5.71. The molecule has 6 heteroatoms. The molecule has 1 aliphatic carbocycles. The van der Waals surface area contributed by atoms with E-state index in [1.54, 1.807) is 24.3 Å². The van der Waals surface area contributed by atoms with Crippen LogP contribution in [0.5, 0.6) is 0 Å². The lowest BCUT2D eigenvalue weighted by Gasteiger charge is -2.34. The summed E-state index contributed by atoms with van der Waals surface area (Å²) < 4.78 is 22.3. The molecule has 0 aromatic heterocycles. The first-order valence-electron chi connectivity index (χ1n) is 8.82. The summed E-state index contributed by atoms with van der Waals surface area (Å²) in [7, 11) is 0. The second kappa shape index (κ2) is 7.97. The number of hydrogen-bond donors (Lipinski definition) is 0. The Morgan fingerprint density at radius 2 is 1.88 bits per heavy atom. The van der Waals surface area contributed by atoms with Gasteiger partial charge in [0.2, 0.25) is 0 Å². The standard InChI is InChI=1S/C19H24O6/c1-2-22-17(20)15-8-10-19(11-9-15)24-13-16(25-19)12-23-18(21)14-6-4-3-5-7-14/h3-7,15-16H,2,8-13H2,1H3. The Bertz CT molecular complexity index is 591. The maximum atomic E-state index is 12.0. The zero-order valence-electron chi connectivity index (χ0n) is 14.4. The second-order valence-electron chi connectivity index (χ2n) is 6.45. The summed E-state index contributed by atoms with van der Waals surface area (Å²) in [5.74, 6) is -1.22. The van der Waals surface area contributed by atoms with Gasteiger partial charge in [0, 0.05) is 12.8 Å². The fourth-order valence-electron chi connectivity index (χ4n) is 3.34. The predicted molar refractivity (Wildman–Crippen MR) is 88.9 cm³/mol. The summed E-state index contributed by atoms with van der Waals surface area (Å²) in [6, 6.07) is 8.87. The maximum Gasteiger partial charge on any atom is 0.338 e. The highest BCUT2D eigenvalue weighted by Gasteiger charge is 2.45. The van der Waals surface area contributed by atoms with Crippen molar-refractivity contribution in [3.05, 3.63) is 35.9 Å². The molecule has 1 heterocycles. The molecule has 1 saturated carbocycles. The van der Waals surface area contributed by atoms with Crippen molar-refractivity contribution in [1.82, 2.24) is 0 Å². The van der Waals surface area contributed by atoms with Gasteiger partial charge in [-0.3, -0.25) is 4.79 Å². The number of benzene rings is 1. The van der Waals surface area contributed by atoms with Crippen LogP contribution in [0.15, 0.2) is 30.3 Å². The lowest BCUT2D eigenvalue weighted by Crippen LogP contribution is -2.38. The van der Waals surface area contributed by atoms with Gasteiger partial charge in [0.05, 0.1) is 24.7 Å². The van der Waals surface area contributed by atoms with Crippen LogP contribution >= 0.6 is 0 Å². The number of esters is 2. The predicted octanol–water partition coefficient (Wildman–Crippen LogP) is 2.71. The van der Waals surface area contributed by atoms with Gasteiger partial charge >= 0.3 is 11.9 Å². The smallest absolute Gasteiger partial charge is 0.338 e. The van der Waals surface area contributed by atoms with Crippen molar-refractivity contribution in [2.75, 3.05) is 19.8 Å². The van der Waals surface area contributed by atoms with E-state index in [4.69, 9.17) is 18.9 Å². The van der Waals surface area contributed by atoms with E-state index in [1.807, 2.05) is 13.0 Å². The Labute approximate surface area is 147 Å². The number of rotatable bonds is 5. The van der Waals surface area contributed by atoms with Gasteiger partial charge in [-0.05, 0) is 31.9 Å². The number of carbonyl (C=O) groups excluding carboxylic acids is 2. The third-order valence-corrected chi connectivity index (χ3v) is 4.69. The molecule has 136 valence electrons. The van der Waals surface area contributed by atoms with Crippen LogP contribution in [0.4, 0.5) is 0 Å². The highest BCUT2D eigenvalue weighted by molar-refractivity contribution is 5.89. The lowest BCUT2D eigenvalue weighted by molar-refractivity contribution is -0.198. The highest BCUT2D eigenvalue weighted by atomic mass is 16.8. The molecule has 2 fully saturated rings. The van der Waals surface area contributed by atoms with Crippen molar-refractivity contribution < 1.29 is 28.5 Å². The van der Waals surface area contributed by atoms with Crippen LogP contribution in [0.25, 0.3) is 0 Å². The van der Waals surface area contributed by atoms with E-state index in [9.17, 15) is 9.59 Å². The molecule has 0 amide bonds. The van der Waals surface area contributed by atoms with E-state index in [-0.39, 0.29) is 30.6 Å². The zero-order valence-corrected chi connectivity index (χ0v) is 14.4. The van der Waals surface area contributed by atoms with Crippen molar-refractivity contribution in [3.63, 3.8) is 0 Å². The summed E-state index contributed by atoms with van der Waals surface area (Å²) in [6.07, 6.45) is 2.41. The van der Waals surface area contributed by atoms with Gasteiger partial charge < -0.3 is 18.9 Å². The molecule has 0 radical (unpaired) electrons. The Morgan fingerprint density at radius 1 is 1.16 bits per heavy atom. The summed E-state index contributed by atoms with van der Waals surface area (Å²) in [5.41, 5.74) is 0.520. The Balaban J connectivity index is 1.45. The Morgan fingerprint density at radius 3 is 2.56 bits per heavy atom. The molecule has 1 aromatic carbocycles. The molecular formula is C19H24O6.